The van der Waals surface area contributed by atoms with Crippen molar-refractivity contribution in [3.63, 3.8) is 0 Å². The van der Waals surface area contributed by atoms with Gasteiger partial charge in [-0.05, 0) is 53.8 Å². The molecule has 3 aromatic carbocycles. The lowest BCUT2D eigenvalue weighted by atomic mass is 9.78. The van der Waals surface area contributed by atoms with Crippen molar-refractivity contribution < 1.29 is 22.7 Å². The molecule has 1 aliphatic heterocycles. The zero-order valence-corrected chi connectivity index (χ0v) is 18.4. The van der Waals surface area contributed by atoms with E-state index in [2.05, 4.69) is 10.6 Å². The van der Waals surface area contributed by atoms with Gasteiger partial charge in [0.2, 0.25) is 0 Å². The second kappa shape index (κ2) is 8.56. The number of ether oxygens (including phenoxy) is 1. The Hall–Kier alpha value is -3.74. The maximum atomic E-state index is 13.9. The van der Waals surface area contributed by atoms with E-state index >= 15 is 0 Å². The molecular weight excluding hydrogens is 441 g/mol. The maximum absolute atomic E-state index is 13.9. The van der Waals surface area contributed by atoms with Crippen molar-refractivity contribution >= 4 is 17.2 Å². The molecule has 0 radical (unpaired) electrons. The minimum absolute atomic E-state index is 0.0363. The number of ketones is 1. The smallest absolute Gasteiger partial charge is 0.416 e. The Bertz CT molecular complexity index is 1280. The van der Waals surface area contributed by atoms with Gasteiger partial charge in [0, 0.05) is 17.7 Å². The SMILES string of the molecule is COc1cccc(C2CC(=O)C3=C(C2)Nc2ccccc2NC3c2ccccc2C(F)(F)F)c1. The second-order valence-electron chi connectivity index (χ2n) is 8.53. The van der Waals surface area contributed by atoms with Crippen molar-refractivity contribution in [3.05, 3.63) is 101 Å². The summed E-state index contributed by atoms with van der Waals surface area (Å²) in [6, 6.07) is 19.4. The highest BCUT2D eigenvalue weighted by Gasteiger charge is 2.40. The normalized spacial score (nSPS) is 19.9. The van der Waals surface area contributed by atoms with Crippen molar-refractivity contribution in [2.45, 2.75) is 31.0 Å². The van der Waals surface area contributed by atoms with Crippen LogP contribution in [0.15, 0.2) is 84.1 Å². The number of anilines is 2. The quantitative estimate of drug-likeness (QED) is 0.453. The molecule has 2 aliphatic rings. The Labute approximate surface area is 195 Å². The van der Waals surface area contributed by atoms with E-state index in [0.717, 1.165) is 17.3 Å². The minimum atomic E-state index is -4.54. The van der Waals surface area contributed by atoms with Crippen molar-refractivity contribution in [2.24, 2.45) is 0 Å². The molecule has 2 atom stereocenters. The third-order valence-electron chi connectivity index (χ3n) is 6.45. The molecule has 3 aromatic rings. The molecule has 0 saturated carbocycles. The molecule has 34 heavy (non-hydrogen) atoms. The molecule has 1 aliphatic carbocycles. The number of Topliss-reactive ketones (excluding diaryl/α,β-unsaturated/α-hetero) is 1. The van der Waals surface area contributed by atoms with Crippen LogP contribution in [0.4, 0.5) is 24.5 Å². The van der Waals surface area contributed by atoms with Crippen molar-refractivity contribution in [3.8, 4) is 5.75 Å². The fraction of sp³-hybridized carbons (Fsp3) is 0.222. The summed E-state index contributed by atoms with van der Waals surface area (Å²) in [5.41, 5.74) is 2.61. The Morgan fingerprint density at radius 1 is 0.912 bits per heavy atom. The molecule has 5 rings (SSSR count). The lowest BCUT2D eigenvalue weighted by Crippen LogP contribution is -2.28. The summed E-state index contributed by atoms with van der Waals surface area (Å²) in [6.07, 6.45) is -3.84. The summed E-state index contributed by atoms with van der Waals surface area (Å²) in [4.78, 5) is 13.6. The highest BCUT2D eigenvalue weighted by atomic mass is 19.4. The van der Waals surface area contributed by atoms with E-state index in [0.29, 0.717) is 29.1 Å². The largest absolute Gasteiger partial charge is 0.497 e. The first-order valence-electron chi connectivity index (χ1n) is 11.0. The summed E-state index contributed by atoms with van der Waals surface area (Å²) in [7, 11) is 1.59. The minimum Gasteiger partial charge on any atom is -0.497 e. The van der Waals surface area contributed by atoms with Gasteiger partial charge in [0.15, 0.2) is 5.78 Å². The Morgan fingerprint density at radius 2 is 1.65 bits per heavy atom. The molecule has 174 valence electrons. The molecule has 0 spiro atoms. The van der Waals surface area contributed by atoms with E-state index in [1.54, 1.807) is 19.2 Å². The van der Waals surface area contributed by atoms with E-state index in [4.69, 9.17) is 4.74 Å². The molecule has 2 N–H and O–H groups in total. The average Bonchev–Trinajstić information content (AvgIpc) is 3.00. The molecular formula is C27H23F3N2O2. The highest BCUT2D eigenvalue weighted by molar-refractivity contribution is 6.01. The molecule has 0 amide bonds. The number of rotatable bonds is 3. The number of hydrogen-bond acceptors (Lipinski definition) is 4. The van der Waals surface area contributed by atoms with E-state index in [9.17, 15) is 18.0 Å². The van der Waals surface area contributed by atoms with Gasteiger partial charge in [0.25, 0.3) is 0 Å². The molecule has 2 unspecified atom stereocenters. The summed E-state index contributed by atoms with van der Waals surface area (Å²) < 4.78 is 47.1. The van der Waals surface area contributed by atoms with Crippen molar-refractivity contribution in [2.75, 3.05) is 17.7 Å². The standard InChI is InChI=1S/C27H23F3N2O2/c1-34-18-8-6-7-16(13-18)17-14-23-25(24(33)15-17)26(32-22-12-5-4-11-21(22)31-23)19-9-2-3-10-20(19)27(28,29)30/h2-13,17,26,31-32H,14-15H2,1H3. The molecule has 0 aromatic heterocycles. The van der Waals surface area contributed by atoms with Crippen LogP contribution in [0, 0.1) is 0 Å². The monoisotopic (exact) mass is 464 g/mol. The second-order valence-corrected chi connectivity index (χ2v) is 8.53. The average molecular weight is 464 g/mol. The van der Waals surface area contributed by atoms with E-state index < -0.39 is 17.8 Å². The van der Waals surface area contributed by atoms with Gasteiger partial charge in [-0.2, -0.15) is 13.2 Å². The van der Waals surface area contributed by atoms with E-state index in [-0.39, 0.29) is 23.7 Å². The van der Waals surface area contributed by atoms with Gasteiger partial charge in [-0.15, -0.1) is 0 Å². The topological polar surface area (TPSA) is 50.4 Å². The summed E-state index contributed by atoms with van der Waals surface area (Å²) in [5.74, 6) is 0.407. The van der Waals surface area contributed by atoms with Gasteiger partial charge in [-0.25, -0.2) is 0 Å². The van der Waals surface area contributed by atoms with Crippen LogP contribution < -0.4 is 15.4 Å². The maximum Gasteiger partial charge on any atom is 0.416 e. The number of nitrogens with one attached hydrogen (secondary N) is 2. The van der Waals surface area contributed by atoms with Crippen LogP contribution >= 0.6 is 0 Å². The first-order valence-corrected chi connectivity index (χ1v) is 11.0. The number of carbonyl (C=O) groups is 1. The number of hydrogen-bond donors (Lipinski definition) is 2. The van der Waals surface area contributed by atoms with Gasteiger partial charge in [0.1, 0.15) is 5.75 Å². The molecule has 0 fully saturated rings. The molecule has 0 saturated heterocycles. The number of allylic oxidation sites excluding steroid dienone is 1. The summed E-state index contributed by atoms with van der Waals surface area (Å²) in [6.45, 7) is 0. The number of carbonyl (C=O) groups excluding carboxylic acids is 1. The molecule has 7 heteroatoms. The van der Waals surface area contributed by atoms with Crippen LogP contribution in [0.2, 0.25) is 0 Å². The molecule has 0 bridgehead atoms. The number of alkyl halides is 3. The summed E-state index contributed by atoms with van der Waals surface area (Å²) in [5, 5.41) is 6.59. The van der Waals surface area contributed by atoms with Crippen LogP contribution in [-0.2, 0) is 11.0 Å². The zero-order valence-electron chi connectivity index (χ0n) is 18.4. The third kappa shape index (κ3) is 4.02. The van der Waals surface area contributed by atoms with Gasteiger partial charge in [-0.3, -0.25) is 4.79 Å². The Kier molecular flexibility index (Phi) is 5.55. The molecule has 4 nitrogen and oxygen atoms in total. The zero-order chi connectivity index (χ0) is 23.9. The Morgan fingerprint density at radius 3 is 2.41 bits per heavy atom. The van der Waals surface area contributed by atoms with E-state index in [1.807, 2.05) is 42.5 Å². The first-order chi connectivity index (χ1) is 16.3. The highest BCUT2D eigenvalue weighted by Crippen LogP contribution is 2.46. The van der Waals surface area contributed by atoms with Gasteiger partial charge < -0.3 is 15.4 Å². The summed E-state index contributed by atoms with van der Waals surface area (Å²) >= 11 is 0. The van der Waals surface area contributed by atoms with Gasteiger partial charge >= 0.3 is 6.18 Å². The third-order valence-corrected chi connectivity index (χ3v) is 6.45. The van der Waals surface area contributed by atoms with Crippen LogP contribution in [0.1, 0.15) is 41.5 Å². The predicted octanol–water partition coefficient (Wildman–Crippen LogP) is 6.69. The number of benzene rings is 3. The van der Waals surface area contributed by atoms with Crippen molar-refractivity contribution in [1.29, 1.82) is 0 Å². The number of methoxy groups -OCH3 is 1. The number of para-hydroxylation sites is 2. The van der Waals surface area contributed by atoms with Crippen LogP contribution in [0.25, 0.3) is 0 Å². The van der Waals surface area contributed by atoms with Crippen molar-refractivity contribution in [1.82, 2.24) is 0 Å². The number of fused-ring (bicyclic) bond motifs is 1. The van der Waals surface area contributed by atoms with Crippen LogP contribution in [0.3, 0.4) is 0 Å². The van der Waals surface area contributed by atoms with Crippen LogP contribution in [-0.4, -0.2) is 12.9 Å². The van der Waals surface area contributed by atoms with E-state index in [1.165, 1.54) is 12.1 Å². The predicted molar refractivity (Wildman–Crippen MR) is 125 cm³/mol. The first kappa shape index (κ1) is 22.1. The Balaban J connectivity index is 1.64. The van der Waals surface area contributed by atoms with Gasteiger partial charge in [-0.1, -0.05) is 42.5 Å². The number of halogens is 3. The fourth-order valence-corrected chi connectivity index (χ4v) is 4.86. The fourth-order valence-electron chi connectivity index (χ4n) is 4.86. The lowest BCUT2D eigenvalue weighted by molar-refractivity contribution is -0.138. The van der Waals surface area contributed by atoms with Gasteiger partial charge in [0.05, 0.1) is 30.1 Å². The molecule has 1 heterocycles. The lowest BCUT2D eigenvalue weighted by Gasteiger charge is -2.31. The van der Waals surface area contributed by atoms with Crippen LogP contribution in [0.5, 0.6) is 5.75 Å².